The molecule has 2 heterocycles. The Morgan fingerprint density at radius 2 is 2.12 bits per heavy atom. The first-order valence-electron chi connectivity index (χ1n) is 5.26. The Balaban J connectivity index is 2.54. The van der Waals surface area contributed by atoms with Crippen molar-refractivity contribution in [1.29, 1.82) is 0 Å². The lowest BCUT2D eigenvalue weighted by Gasteiger charge is -2.04. The average molecular weight is 247 g/mol. The van der Waals surface area contributed by atoms with Gasteiger partial charge >= 0.3 is 0 Å². The molecule has 0 aliphatic carbocycles. The molecule has 0 bridgehead atoms. The molecule has 3 aromatic rings. The van der Waals surface area contributed by atoms with Crippen LogP contribution in [0.2, 0.25) is 5.02 Å². The summed E-state index contributed by atoms with van der Waals surface area (Å²) in [7, 11) is 1.83. The van der Waals surface area contributed by atoms with Gasteiger partial charge in [0, 0.05) is 17.5 Å². The molecular formula is C12H11ClN4. The molecule has 2 N–H and O–H groups in total. The molecule has 2 aromatic heterocycles. The van der Waals surface area contributed by atoms with Crippen LogP contribution < -0.4 is 5.73 Å². The van der Waals surface area contributed by atoms with Gasteiger partial charge in [-0.25, -0.2) is 9.67 Å². The summed E-state index contributed by atoms with van der Waals surface area (Å²) in [5.41, 5.74) is 8.49. The van der Waals surface area contributed by atoms with Crippen molar-refractivity contribution >= 4 is 39.4 Å². The van der Waals surface area contributed by atoms with Crippen LogP contribution in [0.3, 0.4) is 0 Å². The predicted octanol–water partition coefficient (Wildman–Crippen LogP) is 2.67. The number of nitrogens with zero attached hydrogens (tertiary/aromatic N) is 3. The zero-order valence-electron chi connectivity index (χ0n) is 9.53. The number of fused-ring (bicyclic) bond motifs is 2. The highest BCUT2D eigenvalue weighted by Gasteiger charge is 2.10. The summed E-state index contributed by atoms with van der Waals surface area (Å²) < 4.78 is 1.68. The summed E-state index contributed by atoms with van der Waals surface area (Å²) in [5, 5.41) is 6.79. The van der Waals surface area contributed by atoms with Crippen molar-refractivity contribution in [1.82, 2.24) is 14.8 Å². The van der Waals surface area contributed by atoms with Gasteiger partial charge in [-0.2, -0.15) is 5.10 Å². The van der Waals surface area contributed by atoms with Crippen LogP contribution in [0.5, 0.6) is 0 Å². The number of anilines is 1. The van der Waals surface area contributed by atoms with E-state index in [1.165, 1.54) is 0 Å². The maximum absolute atomic E-state index is 6.10. The summed E-state index contributed by atoms with van der Waals surface area (Å²) in [5.74, 6) is 0.504. The van der Waals surface area contributed by atoms with Crippen LogP contribution in [0.1, 0.15) is 5.56 Å². The van der Waals surface area contributed by atoms with Crippen molar-refractivity contribution in [3.05, 3.63) is 28.8 Å². The van der Waals surface area contributed by atoms with Gasteiger partial charge in [0.2, 0.25) is 0 Å². The van der Waals surface area contributed by atoms with Gasteiger partial charge in [-0.15, -0.1) is 0 Å². The molecule has 3 rings (SSSR count). The van der Waals surface area contributed by atoms with E-state index in [-0.39, 0.29) is 0 Å². The second-order valence-corrected chi connectivity index (χ2v) is 4.52. The van der Waals surface area contributed by atoms with Crippen molar-refractivity contribution in [2.24, 2.45) is 7.05 Å². The number of halogens is 1. The molecule has 0 saturated carbocycles. The summed E-state index contributed by atoms with van der Waals surface area (Å²) in [4.78, 5) is 4.59. The molecular weight excluding hydrogens is 236 g/mol. The molecule has 0 amide bonds. The summed E-state index contributed by atoms with van der Waals surface area (Å²) in [6, 6.07) is 5.83. The smallest absolute Gasteiger partial charge is 0.160 e. The highest BCUT2D eigenvalue weighted by Crippen LogP contribution is 2.28. The van der Waals surface area contributed by atoms with Crippen molar-refractivity contribution in [2.45, 2.75) is 6.92 Å². The van der Waals surface area contributed by atoms with Gasteiger partial charge in [0.05, 0.1) is 10.9 Å². The molecule has 0 saturated heterocycles. The molecule has 0 fully saturated rings. The number of rotatable bonds is 0. The molecule has 0 aliphatic heterocycles. The van der Waals surface area contributed by atoms with Crippen LogP contribution >= 0.6 is 11.6 Å². The molecule has 0 unspecified atom stereocenters. The Hall–Kier alpha value is -1.81. The molecule has 0 atom stereocenters. The fourth-order valence-electron chi connectivity index (χ4n) is 2.05. The third-order valence-corrected chi connectivity index (χ3v) is 3.40. The van der Waals surface area contributed by atoms with Gasteiger partial charge in [-0.1, -0.05) is 17.7 Å². The minimum Gasteiger partial charge on any atom is -0.382 e. The van der Waals surface area contributed by atoms with Crippen molar-refractivity contribution in [3.8, 4) is 0 Å². The Kier molecular flexibility index (Phi) is 2.03. The minimum atomic E-state index is 0.504. The van der Waals surface area contributed by atoms with Gasteiger partial charge in [-0.05, 0) is 24.6 Å². The number of benzene rings is 1. The highest BCUT2D eigenvalue weighted by atomic mass is 35.5. The molecule has 0 spiro atoms. The maximum atomic E-state index is 6.10. The normalized spacial score (nSPS) is 11.5. The lowest BCUT2D eigenvalue weighted by molar-refractivity contribution is 0.792. The molecule has 4 nitrogen and oxygen atoms in total. The van der Waals surface area contributed by atoms with E-state index in [0.29, 0.717) is 5.82 Å². The summed E-state index contributed by atoms with van der Waals surface area (Å²) in [6.45, 7) is 1.96. The third kappa shape index (κ3) is 1.37. The third-order valence-electron chi connectivity index (χ3n) is 2.99. The van der Waals surface area contributed by atoms with Crippen molar-refractivity contribution < 1.29 is 0 Å². The number of nitrogens with two attached hydrogens (primary N) is 1. The molecule has 5 heteroatoms. The van der Waals surface area contributed by atoms with Gasteiger partial charge in [0.15, 0.2) is 11.5 Å². The largest absolute Gasteiger partial charge is 0.382 e. The van der Waals surface area contributed by atoms with E-state index in [1.54, 1.807) is 4.68 Å². The molecule has 86 valence electrons. The zero-order chi connectivity index (χ0) is 12.2. The lowest BCUT2D eigenvalue weighted by Crippen LogP contribution is -1.93. The topological polar surface area (TPSA) is 56.7 Å². The van der Waals surface area contributed by atoms with E-state index in [9.17, 15) is 0 Å². The standard InChI is InChI=1S/C12H11ClN4/c1-6-9(13)4-3-7-5-8-11(14)16-17(2)12(8)15-10(6)7/h3-5H,1-2H3,(H2,14,16). The predicted molar refractivity (Wildman–Crippen MR) is 70.2 cm³/mol. The number of hydrogen-bond donors (Lipinski definition) is 1. The van der Waals surface area contributed by atoms with Gasteiger partial charge < -0.3 is 5.73 Å². The van der Waals surface area contributed by atoms with E-state index in [0.717, 1.165) is 32.5 Å². The highest BCUT2D eigenvalue weighted by molar-refractivity contribution is 6.32. The number of aryl methyl sites for hydroxylation is 2. The first-order valence-corrected chi connectivity index (χ1v) is 5.64. The maximum Gasteiger partial charge on any atom is 0.160 e. The van der Waals surface area contributed by atoms with E-state index < -0.39 is 0 Å². The fraction of sp³-hybridized carbons (Fsp3) is 0.167. The second kappa shape index (κ2) is 3.34. The Labute approximate surface area is 103 Å². The molecule has 17 heavy (non-hydrogen) atoms. The minimum absolute atomic E-state index is 0.504. The average Bonchev–Trinajstić information content (AvgIpc) is 2.58. The molecule has 0 radical (unpaired) electrons. The van der Waals surface area contributed by atoms with Crippen molar-refractivity contribution in [3.63, 3.8) is 0 Å². The Morgan fingerprint density at radius 3 is 2.88 bits per heavy atom. The fourth-order valence-corrected chi connectivity index (χ4v) is 2.20. The van der Waals surface area contributed by atoms with E-state index in [1.807, 2.05) is 32.2 Å². The van der Waals surface area contributed by atoms with Crippen LogP contribution in [0, 0.1) is 6.92 Å². The number of pyridine rings is 1. The lowest BCUT2D eigenvalue weighted by atomic mass is 10.1. The van der Waals surface area contributed by atoms with Gasteiger partial charge in [0.1, 0.15) is 0 Å². The van der Waals surface area contributed by atoms with Gasteiger partial charge in [-0.3, -0.25) is 0 Å². The number of nitrogen functional groups attached to an aromatic ring is 1. The number of hydrogen-bond acceptors (Lipinski definition) is 3. The van der Waals surface area contributed by atoms with Crippen LogP contribution in [0.4, 0.5) is 5.82 Å². The SMILES string of the molecule is Cc1c(Cl)ccc2cc3c(N)nn(C)c3nc12. The monoisotopic (exact) mass is 246 g/mol. The number of aromatic nitrogens is 3. The summed E-state index contributed by atoms with van der Waals surface area (Å²) in [6.07, 6.45) is 0. The van der Waals surface area contributed by atoms with E-state index in [4.69, 9.17) is 17.3 Å². The first kappa shape index (κ1) is 10.4. The Morgan fingerprint density at radius 1 is 1.35 bits per heavy atom. The van der Waals surface area contributed by atoms with Crippen molar-refractivity contribution in [2.75, 3.05) is 5.73 Å². The summed E-state index contributed by atoms with van der Waals surface area (Å²) >= 11 is 6.10. The van der Waals surface area contributed by atoms with E-state index >= 15 is 0 Å². The van der Waals surface area contributed by atoms with Crippen LogP contribution in [0.25, 0.3) is 21.9 Å². The van der Waals surface area contributed by atoms with Crippen LogP contribution in [-0.4, -0.2) is 14.8 Å². The second-order valence-electron chi connectivity index (χ2n) is 4.11. The Bertz CT molecular complexity index is 745. The quantitative estimate of drug-likeness (QED) is 0.664. The van der Waals surface area contributed by atoms with Crippen LogP contribution in [0.15, 0.2) is 18.2 Å². The van der Waals surface area contributed by atoms with Crippen LogP contribution in [-0.2, 0) is 7.05 Å². The molecule has 1 aromatic carbocycles. The molecule has 0 aliphatic rings. The zero-order valence-corrected chi connectivity index (χ0v) is 10.3. The van der Waals surface area contributed by atoms with E-state index in [2.05, 4.69) is 10.1 Å². The first-order chi connectivity index (χ1) is 8.08. The van der Waals surface area contributed by atoms with Gasteiger partial charge in [0.25, 0.3) is 0 Å².